The Morgan fingerprint density at radius 1 is 0.889 bits per heavy atom. The van der Waals surface area contributed by atoms with Crippen molar-refractivity contribution in [1.82, 2.24) is 0 Å². The third-order valence-corrected chi connectivity index (χ3v) is 1.70. The number of ether oxygens (including phenoxy) is 4. The first-order valence-corrected chi connectivity index (χ1v) is 5.91. The van der Waals surface area contributed by atoms with E-state index in [0.29, 0.717) is 39.3 Å². The Bertz CT molecular complexity index is 205. The van der Waals surface area contributed by atoms with E-state index in [2.05, 4.69) is 14.2 Å². The van der Waals surface area contributed by atoms with Crippen LogP contribution in [-0.4, -0.2) is 52.6 Å². The summed E-state index contributed by atoms with van der Waals surface area (Å²) in [5.41, 5.74) is 0. The summed E-state index contributed by atoms with van der Waals surface area (Å²) in [5.74, 6) is -0.414. The van der Waals surface area contributed by atoms with Gasteiger partial charge in [-0.25, -0.2) is 0 Å². The SMILES string of the molecule is CCOC(=O)CCOC.CCOCCC(=O)OC. The van der Waals surface area contributed by atoms with Gasteiger partial charge in [0, 0.05) is 13.7 Å². The summed E-state index contributed by atoms with van der Waals surface area (Å²) in [4.78, 5) is 20.9. The highest BCUT2D eigenvalue weighted by Gasteiger charge is 1.98. The van der Waals surface area contributed by atoms with Crippen LogP contribution >= 0.6 is 0 Å². The topological polar surface area (TPSA) is 71.1 Å². The van der Waals surface area contributed by atoms with E-state index in [1.165, 1.54) is 7.11 Å². The zero-order valence-electron chi connectivity index (χ0n) is 11.7. The van der Waals surface area contributed by atoms with Gasteiger partial charge in [0.05, 0.1) is 39.8 Å². The first kappa shape index (κ1) is 19.2. The first-order chi connectivity index (χ1) is 8.62. The molecule has 0 aromatic carbocycles. The van der Waals surface area contributed by atoms with Crippen molar-refractivity contribution in [3.63, 3.8) is 0 Å². The molecule has 108 valence electrons. The molecule has 0 unspecified atom stereocenters. The molecule has 0 fully saturated rings. The third kappa shape index (κ3) is 17.3. The van der Waals surface area contributed by atoms with Gasteiger partial charge in [0.2, 0.25) is 0 Å². The standard InChI is InChI=1S/2C6H12O3/c1-3-9-5-4-6(7)8-2;1-3-9-6(7)4-5-8-2/h2*3-5H2,1-2H3. The molecular formula is C12H24O6. The predicted octanol–water partition coefficient (Wildman–Crippen LogP) is 1.17. The van der Waals surface area contributed by atoms with Crippen molar-refractivity contribution < 1.29 is 28.5 Å². The number of carbonyl (C=O) groups is 2. The molecule has 0 spiro atoms. The predicted molar refractivity (Wildman–Crippen MR) is 66.3 cm³/mol. The zero-order valence-corrected chi connectivity index (χ0v) is 11.7. The average Bonchev–Trinajstić information content (AvgIpc) is 2.37. The lowest BCUT2D eigenvalue weighted by Gasteiger charge is -1.98. The molecule has 0 aromatic heterocycles. The lowest BCUT2D eigenvalue weighted by Crippen LogP contribution is -2.06. The second-order valence-electron chi connectivity index (χ2n) is 3.07. The number of rotatable bonds is 8. The van der Waals surface area contributed by atoms with Crippen molar-refractivity contribution in [2.24, 2.45) is 0 Å². The molecule has 0 N–H and O–H groups in total. The number of hydrogen-bond donors (Lipinski definition) is 0. The molecule has 6 heteroatoms. The van der Waals surface area contributed by atoms with E-state index >= 15 is 0 Å². The molecule has 0 aliphatic heterocycles. The third-order valence-electron chi connectivity index (χ3n) is 1.70. The van der Waals surface area contributed by atoms with Crippen LogP contribution < -0.4 is 0 Å². The summed E-state index contributed by atoms with van der Waals surface area (Å²) in [6.45, 7) is 5.67. The van der Waals surface area contributed by atoms with Gasteiger partial charge >= 0.3 is 11.9 Å². The van der Waals surface area contributed by atoms with Gasteiger partial charge in [0.1, 0.15) is 0 Å². The molecule has 0 amide bonds. The van der Waals surface area contributed by atoms with E-state index in [1.54, 1.807) is 14.0 Å². The Hall–Kier alpha value is -1.14. The van der Waals surface area contributed by atoms with Crippen molar-refractivity contribution in [3.8, 4) is 0 Å². The molecule has 0 saturated carbocycles. The van der Waals surface area contributed by atoms with Gasteiger partial charge < -0.3 is 18.9 Å². The Balaban J connectivity index is 0. The van der Waals surface area contributed by atoms with Crippen LogP contribution in [0.4, 0.5) is 0 Å². The fourth-order valence-electron chi connectivity index (χ4n) is 0.820. The molecule has 0 saturated heterocycles. The molecule has 0 aliphatic carbocycles. The number of hydrogen-bond acceptors (Lipinski definition) is 6. The van der Waals surface area contributed by atoms with Crippen LogP contribution in [0.5, 0.6) is 0 Å². The van der Waals surface area contributed by atoms with E-state index in [0.717, 1.165) is 0 Å². The molecular weight excluding hydrogens is 240 g/mol. The van der Waals surface area contributed by atoms with Crippen LogP contribution in [-0.2, 0) is 28.5 Å². The minimum Gasteiger partial charge on any atom is -0.469 e. The number of carbonyl (C=O) groups excluding carboxylic acids is 2. The van der Waals surface area contributed by atoms with E-state index in [1.807, 2.05) is 6.92 Å². The van der Waals surface area contributed by atoms with E-state index in [-0.39, 0.29) is 11.9 Å². The average molecular weight is 264 g/mol. The van der Waals surface area contributed by atoms with Gasteiger partial charge in [0.25, 0.3) is 0 Å². The summed E-state index contributed by atoms with van der Waals surface area (Å²) >= 11 is 0. The van der Waals surface area contributed by atoms with Crippen LogP contribution in [0.1, 0.15) is 26.7 Å². The highest BCUT2D eigenvalue weighted by Crippen LogP contribution is 1.85. The Morgan fingerprint density at radius 3 is 1.94 bits per heavy atom. The highest BCUT2D eigenvalue weighted by molar-refractivity contribution is 5.69. The van der Waals surface area contributed by atoms with Crippen molar-refractivity contribution in [2.75, 3.05) is 40.6 Å². The van der Waals surface area contributed by atoms with E-state index in [4.69, 9.17) is 4.74 Å². The number of methoxy groups -OCH3 is 2. The van der Waals surface area contributed by atoms with Gasteiger partial charge in [-0.1, -0.05) is 0 Å². The largest absolute Gasteiger partial charge is 0.469 e. The Labute approximate surface area is 109 Å². The maximum atomic E-state index is 10.5. The summed E-state index contributed by atoms with van der Waals surface area (Å²) in [7, 11) is 2.92. The normalized spacial score (nSPS) is 9.11. The maximum absolute atomic E-state index is 10.5. The second kappa shape index (κ2) is 15.9. The zero-order chi connectivity index (χ0) is 14.2. The summed E-state index contributed by atoms with van der Waals surface area (Å²) in [6.07, 6.45) is 0.703. The van der Waals surface area contributed by atoms with Gasteiger partial charge in [-0.3, -0.25) is 9.59 Å². The van der Waals surface area contributed by atoms with Crippen molar-refractivity contribution in [3.05, 3.63) is 0 Å². The lowest BCUT2D eigenvalue weighted by molar-refractivity contribution is -0.144. The van der Waals surface area contributed by atoms with Crippen molar-refractivity contribution >= 4 is 11.9 Å². The molecule has 0 aromatic rings. The fourth-order valence-corrected chi connectivity index (χ4v) is 0.820. The Morgan fingerprint density at radius 2 is 1.50 bits per heavy atom. The van der Waals surface area contributed by atoms with E-state index < -0.39 is 0 Å². The van der Waals surface area contributed by atoms with Crippen LogP contribution in [0, 0.1) is 0 Å². The molecule has 0 heterocycles. The molecule has 0 aliphatic rings. The lowest BCUT2D eigenvalue weighted by atomic mass is 10.5. The summed E-state index contributed by atoms with van der Waals surface area (Å²) in [6, 6.07) is 0. The molecule has 0 bridgehead atoms. The molecule has 0 radical (unpaired) electrons. The minimum absolute atomic E-state index is 0.195. The second-order valence-corrected chi connectivity index (χ2v) is 3.07. The molecule has 18 heavy (non-hydrogen) atoms. The fraction of sp³-hybridized carbons (Fsp3) is 0.833. The van der Waals surface area contributed by atoms with Crippen molar-refractivity contribution in [1.29, 1.82) is 0 Å². The molecule has 0 rings (SSSR count). The highest BCUT2D eigenvalue weighted by atomic mass is 16.5. The quantitative estimate of drug-likeness (QED) is 0.484. The van der Waals surface area contributed by atoms with Crippen LogP contribution in [0.15, 0.2) is 0 Å². The van der Waals surface area contributed by atoms with Gasteiger partial charge in [-0.2, -0.15) is 0 Å². The monoisotopic (exact) mass is 264 g/mol. The van der Waals surface area contributed by atoms with Gasteiger partial charge in [-0.15, -0.1) is 0 Å². The summed E-state index contributed by atoms with van der Waals surface area (Å²) < 4.78 is 18.6. The smallest absolute Gasteiger partial charge is 0.308 e. The van der Waals surface area contributed by atoms with Crippen LogP contribution in [0.25, 0.3) is 0 Å². The van der Waals surface area contributed by atoms with Crippen molar-refractivity contribution in [2.45, 2.75) is 26.7 Å². The molecule has 0 atom stereocenters. The van der Waals surface area contributed by atoms with Gasteiger partial charge in [0.15, 0.2) is 0 Å². The number of esters is 2. The molecule has 6 nitrogen and oxygen atoms in total. The maximum Gasteiger partial charge on any atom is 0.308 e. The minimum atomic E-state index is -0.219. The van der Waals surface area contributed by atoms with Gasteiger partial charge in [-0.05, 0) is 13.8 Å². The first-order valence-electron chi connectivity index (χ1n) is 5.91. The summed E-state index contributed by atoms with van der Waals surface area (Å²) in [5, 5.41) is 0. The Kier molecular flexibility index (Phi) is 16.9. The van der Waals surface area contributed by atoms with Crippen LogP contribution in [0.2, 0.25) is 0 Å². The van der Waals surface area contributed by atoms with Crippen LogP contribution in [0.3, 0.4) is 0 Å². The van der Waals surface area contributed by atoms with E-state index in [9.17, 15) is 9.59 Å².